The molecule has 1 rings (SSSR count). The minimum absolute atomic E-state index is 0.312. The van der Waals surface area contributed by atoms with Gasteiger partial charge in [-0.2, -0.15) is 0 Å². The van der Waals surface area contributed by atoms with Crippen LogP contribution < -0.4 is 10.6 Å². The lowest BCUT2D eigenvalue weighted by atomic mass is 9.97. The molecule has 2 unspecified atom stereocenters. The second kappa shape index (κ2) is 8.47. The van der Waals surface area contributed by atoms with Gasteiger partial charge in [-0.15, -0.1) is 0 Å². The second-order valence-electron chi connectivity index (χ2n) is 6.62. The molecule has 1 aliphatic carbocycles. The summed E-state index contributed by atoms with van der Waals surface area (Å²) in [4.78, 5) is 11.4. The zero-order valence-corrected chi connectivity index (χ0v) is 13.1. The Hall–Kier alpha value is -0.810. The molecule has 5 nitrogen and oxygen atoms in total. The summed E-state index contributed by atoms with van der Waals surface area (Å²) in [6.45, 7) is 8.35. The van der Waals surface area contributed by atoms with Crippen LogP contribution in [0, 0.1) is 11.8 Å². The Morgan fingerprint density at radius 2 is 1.95 bits per heavy atom. The molecular formula is C15H30N2O3. The molecule has 0 aromatic heterocycles. The fraction of sp³-hybridized carbons (Fsp3) is 0.933. The summed E-state index contributed by atoms with van der Waals surface area (Å²) in [6, 6.07) is 0. The maximum Gasteiger partial charge on any atom is 0.407 e. The van der Waals surface area contributed by atoms with E-state index in [9.17, 15) is 9.90 Å². The third kappa shape index (κ3) is 7.10. The Morgan fingerprint density at radius 3 is 2.60 bits per heavy atom. The van der Waals surface area contributed by atoms with Crippen molar-refractivity contribution in [2.45, 2.75) is 52.1 Å². The van der Waals surface area contributed by atoms with Crippen LogP contribution in [0.2, 0.25) is 0 Å². The zero-order chi connectivity index (χ0) is 15.0. The Kier molecular flexibility index (Phi) is 7.30. The standard InChI is InChI=1S/C15H30N2O3/c1-15(2,3)20-14(19)17-9-5-8-16-10-12-6-4-7-13(12)11-18/h12-13,16,18H,4-11H2,1-3H3,(H,17,19). The summed E-state index contributed by atoms with van der Waals surface area (Å²) in [5, 5.41) is 15.4. The number of carbonyl (C=O) groups excluding carboxylic acids is 1. The highest BCUT2D eigenvalue weighted by Gasteiger charge is 2.25. The Morgan fingerprint density at radius 1 is 1.25 bits per heavy atom. The average molecular weight is 286 g/mol. The van der Waals surface area contributed by atoms with Gasteiger partial charge in [0.05, 0.1) is 0 Å². The van der Waals surface area contributed by atoms with Gasteiger partial charge in [-0.25, -0.2) is 4.79 Å². The van der Waals surface area contributed by atoms with Gasteiger partial charge < -0.3 is 20.5 Å². The number of ether oxygens (including phenoxy) is 1. The van der Waals surface area contributed by atoms with Crippen LogP contribution in [0.3, 0.4) is 0 Å². The first-order valence-corrected chi connectivity index (χ1v) is 7.71. The quantitative estimate of drug-likeness (QED) is 0.625. The molecule has 1 amide bonds. The molecule has 118 valence electrons. The molecule has 2 atom stereocenters. The van der Waals surface area contributed by atoms with Crippen molar-refractivity contribution >= 4 is 6.09 Å². The Balaban J connectivity index is 1.98. The number of rotatable bonds is 7. The van der Waals surface area contributed by atoms with Gasteiger partial charge in [-0.1, -0.05) is 6.42 Å². The van der Waals surface area contributed by atoms with Crippen molar-refractivity contribution in [2.75, 3.05) is 26.2 Å². The molecule has 0 heterocycles. The van der Waals surface area contributed by atoms with Gasteiger partial charge in [0.15, 0.2) is 0 Å². The zero-order valence-electron chi connectivity index (χ0n) is 13.1. The van der Waals surface area contributed by atoms with Gasteiger partial charge in [-0.3, -0.25) is 0 Å². The lowest BCUT2D eigenvalue weighted by Gasteiger charge is -2.20. The lowest BCUT2D eigenvalue weighted by molar-refractivity contribution is 0.0527. The lowest BCUT2D eigenvalue weighted by Crippen LogP contribution is -2.34. The molecule has 0 radical (unpaired) electrons. The first-order valence-electron chi connectivity index (χ1n) is 7.71. The van der Waals surface area contributed by atoms with Gasteiger partial charge in [0.25, 0.3) is 0 Å². The van der Waals surface area contributed by atoms with Crippen LogP contribution in [0.15, 0.2) is 0 Å². The third-order valence-corrected chi connectivity index (χ3v) is 3.66. The topological polar surface area (TPSA) is 70.6 Å². The van der Waals surface area contributed by atoms with E-state index < -0.39 is 5.60 Å². The minimum atomic E-state index is -0.440. The molecule has 0 aliphatic heterocycles. The van der Waals surface area contributed by atoms with Gasteiger partial charge in [0.1, 0.15) is 5.60 Å². The van der Waals surface area contributed by atoms with Crippen LogP contribution in [0.1, 0.15) is 46.5 Å². The first kappa shape index (κ1) is 17.2. The van der Waals surface area contributed by atoms with E-state index in [1.807, 2.05) is 20.8 Å². The van der Waals surface area contributed by atoms with E-state index in [1.165, 1.54) is 12.8 Å². The number of carbonyl (C=O) groups is 1. The van der Waals surface area contributed by atoms with Gasteiger partial charge in [0.2, 0.25) is 0 Å². The van der Waals surface area contributed by atoms with E-state index in [-0.39, 0.29) is 6.09 Å². The van der Waals surface area contributed by atoms with Crippen molar-refractivity contribution in [3.05, 3.63) is 0 Å². The molecule has 0 aromatic carbocycles. The van der Waals surface area contributed by atoms with Crippen molar-refractivity contribution in [1.29, 1.82) is 0 Å². The molecule has 20 heavy (non-hydrogen) atoms. The van der Waals surface area contributed by atoms with E-state index in [0.717, 1.165) is 25.9 Å². The highest BCUT2D eigenvalue weighted by molar-refractivity contribution is 5.67. The number of aliphatic hydroxyl groups excluding tert-OH is 1. The average Bonchev–Trinajstić information content (AvgIpc) is 2.78. The monoisotopic (exact) mass is 286 g/mol. The highest BCUT2D eigenvalue weighted by Crippen LogP contribution is 2.30. The number of aliphatic hydroxyl groups is 1. The smallest absolute Gasteiger partial charge is 0.407 e. The van der Waals surface area contributed by atoms with Gasteiger partial charge >= 0.3 is 6.09 Å². The van der Waals surface area contributed by atoms with Crippen molar-refractivity contribution < 1.29 is 14.6 Å². The predicted octanol–water partition coefficient (Wildman–Crippen LogP) is 1.90. The SMILES string of the molecule is CC(C)(C)OC(=O)NCCCNCC1CCCC1CO. The van der Waals surface area contributed by atoms with Crippen molar-refractivity contribution in [1.82, 2.24) is 10.6 Å². The van der Waals surface area contributed by atoms with E-state index in [0.29, 0.717) is 25.0 Å². The highest BCUT2D eigenvalue weighted by atomic mass is 16.6. The largest absolute Gasteiger partial charge is 0.444 e. The number of amides is 1. The van der Waals surface area contributed by atoms with E-state index in [1.54, 1.807) is 0 Å². The molecule has 1 fully saturated rings. The fourth-order valence-electron chi connectivity index (χ4n) is 2.63. The summed E-state index contributed by atoms with van der Waals surface area (Å²) in [6.07, 6.45) is 4.14. The van der Waals surface area contributed by atoms with Crippen molar-refractivity contribution in [2.24, 2.45) is 11.8 Å². The molecule has 1 aliphatic rings. The molecule has 0 saturated heterocycles. The Bertz CT molecular complexity index is 289. The summed E-state index contributed by atoms with van der Waals surface area (Å²) < 4.78 is 5.16. The molecule has 0 bridgehead atoms. The third-order valence-electron chi connectivity index (χ3n) is 3.66. The number of alkyl carbamates (subject to hydrolysis) is 1. The number of nitrogens with one attached hydrogen (secondary N) is 2. The summed E-state index contributed by atoms with van der Waals surface area (Å²) in [5.41, 5.74) is -0.440. The van der Waals surface area contributed by atoms with Crippen LogP contribution in [-0.4, -0.2) is 43.0 Å². The Labute approximate surface area is 122 Å². The maximum absolute atomic E-state index is 11.4. The van der Waals surface area contributed by atoms with Crippen molar-refractivity contribution in [3.8, 4) is 0 Å². The van der Waals surface area contributed by atoms with E-state index in [4.69, 9.17) is 4.74 Å². The molecule has 0 spiro atoms. The van der Waals surface area contributed by atoms with Crippen LogP contribution >= 0.6 is 0 Å². The molecule has 3 N–H and O–H groups in total. The van der Waals surface area contributed by atoms with Crippen molar-refractivity contribution in [3.63, 3.8) is 0 Å². The molecule has 1 saturated carbocycles. The molecular weight excluding hydrogens is 256 g/mol. The van der Waals surface area contributed by atoms with Crippen LogP contribution in [0.4, 0.5) is 4.79 Å². The van der Waals surface area contributed by atoms with Crippen LogP contribution in [0.5, 0.6) is 0 Å². The van der Waals surface area contributed by atoms with E-state index >= 15 is 0 Å². The second-order valence-corrected chi connectivity index (χ2v) is 6.62. The van der Waals surface area contributed by atoms with Gasteiger partial charge in [-0.05, 0) is 65.0 Å². The molecule has 0 aromatic rings. The van der Waals surface area contributed by atoms with Crippen LogP contribution in [-0.2, 0) is 4.74 Å². The van der Waals surface area contributed by atoms with Gasteiger partial charge in [0, 0.05) is 13.2 Å². The predicted molar refractivity (Wildman–Crippen MR) is 79.6 cm³/mol. The minimum Gasteiger partial charge on any atom is -0.444 e. The normalized spacial score (nSPS) is 22.8. The summed E-state index contributed by atoms with van der Waals surface area (Å²) in [7, 11) is 0. The van der Waals surface area contributed by atoms with E-state index in [2.05, 4.69) is 10.6 Å². The summed E-state index contributed by atoms with van der Waals surface area (Å²) >= 11 is 0. The van der Waals surface area contributed by atoms with Crippen LogP contribution in [0.25, 0.3) is 0 Å². The number of hydrogen-bond donors (Lipinski definition) is 3. The fourth-order valence-corrected chi connectivity index (χ4v) is 2.63. The number of hydrogen-bond acceptors (Lipinski definition) is 4. The maximum atomic E-state index is 11.4. The summed E-state index contributed by atoms with van der Waals surface area (Å²) in [5.74, 6) is 1.08. The first-order chi connectivity index (χ1) is 9.42. The molecule has 5 heteroatoms.